The Kier molecular flexibility index (Phi) is 3.20. The maximum absolute atomic E-state index is 6.12. The van der Waals surface area contributed by atoms with Gasteiger partial charge in [-0.3, -0.25) is 4.68 Å². The van der Waals surface area contributed by atoms with E-state index in [4.69, 9.17) is 11.6 Å². The highest BCUT2D eigenvalue weighted by Crippen LogP contribution is 2.29. The number of nitrogens with one attached hydrogen (secondary N) is 1. The molecule has 4 rings (SSSR count). The molecule has 0 aliphatic carbocycles. The largest absolute Gasteiger partial charge is 0.340 e. The summed E-state index contributed by atoms with van der Waals surface area (Å²) in [5, 5.41) is 11.4. The van der Waals surface area contributed by atoms with Crippen LogP contribution in [0.25, 0.3) is 21.7 Å². The number of aromatic nitrogens is 3. The lowest BCUT2D eigenvalue weighted by Gasteiger charge is -2.09. The lowest BCUT2D eigenvalue weighted by atomic mass is 10.1. The first-order valence-corrected chi connectivity index (χ1v) is 7.74. The van der Waals surface area contributed by atoms with Gasteiger partial charge in [-0.1, -0.05) is 35.4 Å². The van der Waals surface area contributed by atoms with Gasteiger partial charge in [-0.2, -0.15) is 5.10 Å². The van der Waals surface area contributed by atoms with Crippen molar-refractivity contribution in [3.63, 3.8) is 0 Å². The summed E-state index contributed by atoms with van der Waals surface area (Å²) in [6.07, 6.45) is 1.82. The van der Waals surface area contributed by atoms with Crippen LogP contribution in [0, 0.1) is 6.92 Å². The van der Waals surface area contributed by atoms with E-state index in [9.17, 15) is 0 Å². The summed E-state index contributed by atoms with van der Waals surface area (Å²) < 4.78 is 1.78. The Morgan fingerprint density at radius 1 is 1.04 bits per heavy atom. The van der Waals surface area contributed by atoms with Gasteiger partial charge in [0.25, 0.3) is 0 Å². The van der Waals surface area contributed by atoms with Gasteiger partial charge in [-0.15, -0.1) is 0 Å². The first kappa shape index (κ1) is 14.0. The maximum atomic E-state index is 6.12. The third kappa shape index (κ3) is 2.41. The molecule has 0 saturated carbocycles. The number of hydrogen-bond donors (Lipinski definition) is 1. The summed E-state index contributed by atoms with van der Waals surface area (Å²) in [4.78, 5) is 4.48. The van der Waals surface area contributed by atoms with Gasteiger partial charge >= 0.3 is 0 Å². The lowest BCUT2D eigenvalue weighted by molar-refractivity contribution is 0.797. The molecule has 0 fully saturated rings. The van der Waals surface area contributed by atoms with Gasteiger partial charge < -0.3 is 5.32 Å². The van der Waals surface area contributed by atoms with Crippen LogP contribution < -0.4 is 5.32 Å². The number of benzene rings is 2. The highest BCUT2D eigenvalue weighted by molar-refractivity contribution is 6.34. The molecule has 0 unspecified atom stereocenters. The van der Waals surface area contributed by atoms with Crippen molar-refractivity contribution in [2.75, 3.05) is 5.32 Å². The smallest absolute Gasteiger partial charge is 0.158 e. The minimum atomic E-state index is 0.521. The number of nitrogens with zero attached hydrogens (tertiary/aromatic N) is 3. The maximum Gasteiger partial charge on any atom is 0.158 e. The number of hydrogen-bond acceptors (Lipinski definition) is 3. The average molecular weight is 323 g/mol. The van der Waals surface area contributed by atoms with Crippen LogP contribution >= 0.6 is 11.6 Å². The van der Waals surface area contributed by atoms with E-state index >= 15 is 0 Å². The molecule has 0 atom stereocenters. The third-order valence-electron chi connectivity index (χ3n) is 3.99. The Morgan fingerprint density at radius 2 is 1.87 bits per heavy atom. The fourth-order valence-electron chi connectivity index (χ4n) is 2.82. The second-order valence-electron chi connectivity index (χ2n) is 5.66. The second kappa shape index (κ2) is 5.25. The van der Waals surface area contributed by atoms with Crippen molar-refractivity contribution in [1.82, 2.24) is 14.8 Å². The van der Waals surface area contributed by atoms with Gasteiger partial charge in [0.05, 0.1) is 5.52 Å². The molecule has 0 radical (unpaired) electrons. The van der Waals surface area contributed by atoms with Crippen molar-refractivity contribution in [2.45, 2.75) is 6.92 Å². The van der Waals surface area contributed by atoms with Crippen molar-refractivity contribution < 1.29 is 0 Å². The molecule has 0 amide bonds. The Morgan fingerprint density at radius 3 is 2.74 bits per heavy atom. The van der Waals surface area contributed by atoms with E-state index in [1.807, 2.05) is 37.5 Å². The molecule has 0 aliphatic heterocycles. The monoisotopic (exact) mass is 322 g/mol. The lowest BCUT2D eigenvalue weighted by Crippen LogP contribution is -1.95. The van der Waals surface area contributed by atoms with Crippen LogP contribution in [0.15, 0.2) is 48.7 Å². The van der Waals surface area contributed by atoms with E-state index < -0.39 is 0 Å². The van der Waals surface area contributed by atoms with E-state index in [-0.39, 0.29) is 0 Å². The molecule has 0 saturated heterocycles. The Labute approximate surface area is 138 Å². The third-order valence-corrected chi connectivity index (χ3v) is 4.27. The fraction of sp³-hybridized carbons (Fsp3) is 0.111. The summed E-state index contributed by atoms with van der Waals surface area (Å²) in [5.41, 5.74) is 3.18. The predicted octanol–water partition coefficient (Wildman–Crippen LogP) is 4.83. The number of halogens is 1. The van der Waals surface area contributed by atoms with E-state index in [1.54, 1.807) is 4.68 Å². The van der Waals surface area contributed by atoms with Crippen LogP contribution in [0.3, 0.4) is 0 Å². The number of aryl methyl sites for hydroxylation is 2. The second-order valence-corrected chi connectivity index (χ2v) is 6.01. The molecule has 1 N–H and O–H groups in total. The molecule has 5 heteroatoms. The first-order valence-electron chi connectivity index (χ1n) is 7.36. The van der Waals surface area contributed by atoms with Gasteiger partial charge in [-0.25, -0.2) is 4.98 Å². The van der Waals surface area contributed by atoms with Crippen LogP contribution in [0.2, 0.25) is 5.15 Å². The highest BCUT2D eigenvalue weighted by Gasteiger charge is 2.08. The molecule has 2 aromatic heterocycles. The average Bonchev–Trinajstić information content (AvgIpc) is 2.81. The summed E-state index contributed by atoms with van der Waals surface area (Å²) in [5.74, 6) is 0.843. The first-order chi connectivity index (χ1) is 11.1. The number of fused-ring (bicyclic) bond motifs is 2. The molecule has 4 nitrogen and oxygen atoms in total. The van der Waals surface area contributed by atoms with E-state index in [0.717, 1.165) is 27.8 Å². The molecule has 23 heavy (non-hydrogen) atoms. The van der Waals surface area contributed by atoms with Crippen LogP contribution in [-0.4, -0.2) is 14.8 Å². The van der Waals surface area contributed by atoms with Crippen molar-refractivity contribution in [3.8, 4) is 0 Å². The molecule has 0 bridgehead atoms. The summed E-state index contributed by atoms with van der Waals surface area (Å²) >= 11 is 6.12. The minimum absolute atomic E-state index is 0.521. The normalized spacial score (nSPS) is 11.3. The number of pyridine rings is 1. The molecule has 0 spiro atoms. The van der Waals surface area contributed by atoms with Crippen molar-refractivity contribution in [1.29, 1.82) is 0 Å². The van der Waals surface area contributed by atoms with Crippen LogP contribution in [-0.2, 0) is 7.05 Å². The van der Waals surface area contributed by atoms with Crippen molar-refractivity contribution >= 4 is 44.8 Å². The molecular weight excluding hydrogens is 308 g/mol. The van der Waals surface area contributed by atoms with E-state index in [1.165, 1.54) is 10.9 Å². The molecule has 114 valence electrons. The fourth-order valence-corrected chi connectivity index (χ4v) is 3.10. The van der Waals surface area contributed by atoms with Gasteiger partial charge in [0.2, 0.25) is 0 Å². The summed E-state index contributed by atoms with van der Waals surface area (Å²) in [7, 11) is 1.89. The molecule has 0 aliphatic rings. The Bertz CT molecular complexity index is 1040. The van der Waals surface area contributed by atoms with Gasteiger partial charge in [-0.05, 0) is 36.6 Å². The van der Waals surface area contributed by atoms with Crippen molar-refractivity contribution in [2.24, 2.45) is 7.05 Å². The van der Waals surface area contributed by atoms with Gasteiger partial charge in [0, 0.05) is 29.7 Å². The zero-order valence-electron chi connectivity index (χ0n) is 12.8. The van der Waals surface area contributed by atoms with Crippen LogP contribution in [0.1, 0.15) is 5.56 Å². The van der Waals surface area contributed by atoms with E-state index in [2.05, 4.69) is 40.5 Å². The Hall–Kier alpha value is -2.59. The van der Waals surface area contributed by atoms with Gasteiger partial charge in [0.1, 0.15) is 5.82 Å². The van der Waals surface area contributed by atoms with Crippen LogP contribution in [0.5, 0.6) is 0 Å². The topological polar surface area (TPSA) is 42.7 Å². The zero-order chi connectivity index (χ0) is 16.0. The van der Waals surface area contributed by atoms with Crippen molar-refractivity contribution in [3.05, 3.63) is 59.4 Å². The SMILES string of the molecule is Cc1ccc2c(Nc3ccc4c(Cl)nn(C)c4c3)nccc2c1. The molecular formula is C18H15ClN4. The van der Waals surface area contributed by atoms with Gasteiger partial charge in [0.15, 0.2) is 5.15 Å². The number of rotatable bonds is 2. The van der Waals surface area contributed by atoms with Crippen LogP contribution in [0.4, 0.5) is 11.5 Å². The molecule has 4 aromatic rings. The summed E-state index contributed by atoms with van der Waals surface area (Å²) in [6, 6.07) is 14.4. The summed E-state index contributed by atoms with van der Waals surface area (Å²) in [6.45, 7) is 2.09. The Balaban J connectivity index is 1.80. The predicted molar refractivity (Wildman–Crippen MR) is 95.5 cm³/mol. The molecule has 2 heterocycles. The zero-order valence-corrected chi connectivity index (χ0v) is 13.6. The number of anilines is 2. The highest BCUT2D eigenvalue weighted by atomic mass is 35.5. The standard InChI is InChI=1S/C18H15ClN4/c1-11-3-5-14-12(9-11)7-8-20-18(14)21-13-4-6-15-16(10-13)23(2)22-17(15)19/h3-10H,1-2H3,(H,20,21). The minimum Gasteiger partial charge on any atom is -0.340 e. The molecule has 2 aromatic carbocycles. The quantitative estimate of drug-likeness (QED) is 0.575. The van der Waals surface area contributed by atoms with E-state index in [0.29, 0.717) is 5.15 Å².